The predicted octanol–water partition coefficient (Wildman–Crippen LogP) is 2.43. The highest BCUT2D eigenvalue weighted by Gasteiger charge is 2.34. The zero-order valence-corrected chi connectivity index (χ0v) is 25.5. The predicted molar refractivity (Wildman–Crippen MR) is 158 cm³/mol. The summed E-state index contributed by atoms with van der Waals surface area (Å²) < 4.78 is 42.1. The van der Waals surface area contributed by atoms with Gasteiger partial charge in [0.1, 0.15) is 30.1 Å². The molecule has 0 saturated carbocycles. The number of furan rings is 1. The number of phenolic OH excluding ortho intramolecular Hbond substituents is 2. The molecule has 1 saturated heterocycles. The average Bonchev–Trinajstić information content (AvgIpc) is 3.45. The molecule has 2 aromatic carbocycles. The Labute approximate surface area is 267 Å². The first-order valence-corrected chi connectivity index (χ1v) is 14.3. The SMILES string of the molecule is COC(=O)c1ccc(NC(=O)N[C@@H](Cc2ccc(O)cc2)C(=O)N[C@H]2CCC[N+](C)(Cc3cccc(O)c3)C2)o1.O=C([O-])C(F)(F)F. The molecule has 3 amide bonds. The van der Waals surface area contributed by atoms with Gasteiger partial charge in [0.15, 0.2) is 0 Å². The number of nitrogens with one attached hydrogen (secondary N) is 3. The van der Waals surface area contributed by atoms with E-state index in [0.29, 0.717) is 11.0 Å². The van der Waals surface area contributed by atoms with Crippen LogP contribution < -0.4 is 21.1 Å². The van der Waals surface area contributed by atoms with Crippen LogP contribution in [0.3, 0.4) is 0 Å². The standard InChI is InChI=1S/C29H34N4O7.C2HF3O2/c1-33(17-20-5-3-7-23(35)15-20)14-4-6-21(18-33)30-27(36)24(16-19-8-10-22(34)11-9-19)31-29(38)32-26-13-12-25(40-26)28(37)39-2;3-2(4,5)1(6)7/h3,5,7-13,15,21,24H,4,6,14,16-18H2,1-2H3,(H4-,30,31,32,34,35,36,37,38);(H,6,7)/t21-,24-,33?;/m0./s1. The van der Waals surface area contributed by atoms with Crippen LogP contribution in [0, 0.1) is 0 Å². The van der Waals surface area contributed by atoms with Gasteiger partial charge >= 0.3 is 18.2 Å². The van der Waals surface area contributed by atoms with Gasteiger partial charge in [-0.25, -0.2) is 9.59 Å². The van der Waals surface area contributed by atoms with E-state index in [9.17, 15) is 37.8 Å². The van der Waals surface area contributed by atoms with Crippen molar-refractivity contribution in [2.24, 2.45) is 0 Å². The summed E-state index contributed by atoms with van der Waals surface area (Å²) >= 11 is 0. The maximum atomic E-state index is 13.5. The summed E-state index contributed by atoms with van der Waals surface area (Å²) in [6, 6.07) is 14.7. The number of benzene rings is 2. The molecule has 3 atom stereocenters. The van der Waals surface area contributed by atoms with Crippen molar-refractivity contribution in [3.05, 3.63) is 77.6 Å². The van der Waals surface area contributed by atoms with Crippen molar-refractivity contribution in [3.8, 4) is 11.5 Å². The number of amides is 3. The van der Waals surface area contributed by atoms with Crippen molar-refractivity contribution in [1.29, 1.82) is 0 Å². The van der Waals surface area contributed by atoms with Gasteiger partial charge in [0.05, 0.1) is 33.3 Å². The van der Waals surface area contributed by atoms with E-state index < -0.39 is 30.2 Å². The second kappa shape index (κ2) is 15.8. The van der Waals surface area contributed by atoms with Crippen molar-refractivity contribution >= 4 is 29.8 Å². The summed E-state index contributed by atoms with van der Waals surface area (Å²) in [6.07, 6.45) is -3.29. The number of rotatable bonds is 9. The summed E-state index contributed by atoms with van der Waals surface area (Å²) in [7, 11) is 3.35. The molecular formula is C31H35F3N4O9. The van der Waals surface area contributed by atoms with Crippen LogP contribution in [0.1, 0.15) is 34.5 Å². The minimum Gasteiger partial charge on any atom is -0.542 e. The molecule has 16 heteroatoms. The van der Waals surface area contributed by atoms with Crippen molar-refractivity contribution in [3.63, 3.8) is 0 Å². The lowest BCUT2D eigenvalue weighted by atomic mass is 10.00. The van der Waals surface area contributed by atoms with Crippen LogP contribution >= 0.6 is 0 Å². The lowest BCUT2D eigenvalue weighted by molar-refractivity contribution is -0.927. The number of methoxy groups -OCH3 is 1. The Bertz CT molecular complexity index is 1550. The number of nitrogens with zero attached hydrogens (tertiary/aromatic N) is 1. The number of phenols is 2. The third-order valence-electron chi connectivity index (χ3n) is 7.19. The molecule has 0 radical (unpaired) electrons. The number of halogens is 3. The summed E-state index contributed by atoms with van der Waals surface area (Å²) in [6.45, 7) is 2.35. The Balaban J connectivity index is 0.000000771. The van der Waals surface area contributed by atoms with Crippen LogP contribution in [0.2, 0.25) is 0 Å². The van der Waals surface area contributed by atoms with Crippen molar-refractivity contribution in [2.45, 2.75) is 44.1 Å². The number of carboxylic acids is 1. The molecule has 5 N–H and O–H groups in total. The minimum atomic E-state index is -5.19. The van der Waals surface area contributed by atoms with E-state index in [1.807, 2.05) is 12.1 Å². The molecule has 0 aliphatic carbocycles. The number of esters is 1. The number of anilines is 1. The average molecular weight is 665 g/mol. The first kappa shape index (κ1) is 36.2. The van der Waals surface area contributed by atoms with Gasteiger partial charge in [-0.05, 0) is 48.7 Å². The number of carboxylic acid groups (broad SMARTS) is 1. The number of quaternary nitrogens is 1. The fourth-order valence-electron chi connectivity index (χ4n) is 5.09. The number of aromatic hydroxyl groups is 2. The number of aliphatic carboxylic acids is 1. The quantitative estimate of drug-likeness (QED) is 0.169. The first-order chi connectivity index (χ1) is 22.1. The molecular weight excluding hydrogens is 629 g/mol. The fourth-order valence-corrected chi connectivity index (χ4v) is 5.09. The van der Waals surface area contributed by atoms with E-state index in [0.717, 1.165) is 37.1 Å². The zero-order valence-electron chi connectivity index (χ0n) is 25.5. The molecule has 1 aromatic heterocycles. The number of hydrogen-bond donors (Lipinski definition) is 5. The molecule has 4 rings (SSSR count). The number of carbonyl (C=O) groups excluding carboxylic acids is 4. The van der Waals surface area contributed by atoms with E-state index in [1.165, 1.54) is 31.4 Å². The molecule has 0 bridgehead atoms. The molecule has 1 unspecified atom stereocenters. The third kappa shape index (κ3) is 11.6. The van der Waals surface area contributed by atoms with Crippen LogP contribution in [0.15, 0.2) is 65.1 Å². The molecule has 254 valence electrons. The number of piperidine rings is 1. The van der Waals surface area contributed by atoms with Gasteiger partial charge in [-0.15, -0.1) is 0 Å². The topological polar surface area (TPSA) is 190 Å². The summed E-state index contributed by atoms with van der Waals surface area (Å²) in [5.74, 6) is -3.75. The Morgan fingerprint density at radius 1 is 1.04 bits per heavy atom. The maximum absolute atomic E-state index is 13.5. The van der Waals surface area contributed by atoms with Gasteiger partial charge < -0.3 is 44.4 Å². The highest BCUT2D eigenvalue weighted by molar-refractivity contribution is 5.94. The molecule has 47 heavy (non-hydrogen) atoms. The Kier molecular flexibility index (Phi) is 12.2. The van der Waals surface area contributed by atoms with Gasteiger partial charge in [0.2, 0.25) is 17.6 Å². The summed E-state index contributed by atoms with van der Waals surface area (Å²) in [4.78, 5) is 46.7. The number of likely N-dealkylation sites (N-methyl/N-ethyl adjacent to an activating group) is 1. The van der Waals surface area contributed by atoms with E-state index in [4.69, 9.17) is 14.3 Å². The largest absolute Gasteiger partial charge is 0.542 e. The van der Waals surface area contributed by atoms with E-state index in [-0.39, 0.29) is 41.5 Å². The van der Waals surface area contributed by atoms with Crippen LogP contribution in [-0.2, 0) is 27.3 Å². The molecule has 3 aromatic rings. The van der Waals surface area contributed by atoms with Gasteiger partial charge in [-0.2, -0.15) is 13.2 Å². The summed E-state index contributed by atoms with van der Waals surface area (Å²) in [5.41, 5.74) is 1.77. The second-order valence-electron chi connectivity index (χ2n) is 11.2. The highest BCUT2D eigenvalue weighted by Crippen LogP contribution is 2.23. The molecule has 1 fully saturated rings. The normalized spacial score (nSPS) is 18.1. The smallest absolute Gasteiger partial charge is 0.430 e. The number of alkyl halides is 3. The zero-order chi connectivity index (χ0) is 34.8. The monoisotopic (exact) mass is 664 g/mol. The molecule has 2 heterocycles. The fraction of sp³-hybridized carbons (Fsp3) is 0.355. The molecule has 0 spiro atoms. The van der Waals surface area contributed by atoms with E-state index in [2.05, 4.69) is 27.7 Å². The molecule has 13 nitrogen and oxygen atoms in total. The van der Waals surface area contributed by atoms with Gasteiger partial charge in [-0.1, -0.05) is 24.3 Å². The van der Waals surface area contributed by atoms with Crippen molar-refractivity contribution in [2.75, 3.05) is 32.6 Å². The van der Waals surface area contributed by atoms with E-state index in [1.54, 1.807) is 24.3 Å². The number of carbonyl (C=O) groups is 4. The third-order valence-corrected chi connectivity index (χ3v) is 7.19. The molecule has 1 aliphatic heterocycles. The highest BCUT2D eigenvalue weighted by atomic mass is 19.4. The van der Waals surface area contributed by atoms with Crippen molar-refractivity contribution in [1.82, 2.24) is 10.6 Å². The van der Waals surface area contributed by atoms with Crippen LogP contribution in [0.5, 0.6) is 11.5 Å². The lowest BCUT2D eigenvalue weighted by Crippen LogP contribution is -2.59. The Hall–Kier alpha value is -5.25. The maximum Gasteiger partial charge on any atom is 0.430 e. The van der Waals surface area contributed by atoms with Crippen LogP contribution in [-0.4, -0.2) is 84.1 Å². The Morgan fingerprint density at radius 3 is 2.34 bits per heavy atom. The summed E-state index contributed by atoms with van der Waals surface area (Å²) in [5, 5.41) is 36.6. The Morgan fingerprint density at radius 2 is 1.72 bits per heavy atom. The van der Waals surface area contributed by atoms with Crippen molar-refractivity contribution < 1.29 is 61.3 Å². The van der Waals surface area contributed by atoms with Gasteiger partial charge in [0, 0.05) is 18.1 Å². The lowest BCUT2D eigenvalue weighted by Gasteiger charge is -2.42. The minimum absolute atomic E-state index is 0.0222. The number of hydrogen-bond acceptors (Lipinski definition) is 9. The van der Waals surface area contributed by atoms with E-state index >= 15 is 0 Å². The van der Waals surface area contributed by atoms with Gasteiger partial charge in [-0.3, -0.25) is 10.1 Å². The van der Waals surface area contributed by atoms with Crippen LogP contribution in [0.25, 0.3) is 0 Å². The second-order valence-corrected chi connectivity index (χ2v) is 11.2. The number of likely N-dealkylation sites (tertiary alicyclic amines) is 1. The first-order valence-electron chi connectivity index (χ1n) is 14.3. The number of ether oxygens (including phenoxy) is 1. The van der Waals surface area contributed by atoms with Gasteiger partial charge in [0.25, 0.3) is 0 Å². The molecule has 1 aliphatic rings. The van der Waals surface area contributed by atoms with Crippen LogP contribution in [0.4, 0.5) is 23.8 Å². The number of urea groups is 1.